The Morgan fingerprint density at radius 3 is 2.44 bits per heavy atom. The Balaban J connectivity index is 2.30. The topological polar surface area (TPSA) is 95.7 Å². The lowest BCUT2D eigenvalue weighted by Gasteiger charge is -2.12. The summed E-state index contributed by atoms with van der Waals surface area (Å²) in [5, 5.41) is 12.0. The van der Waals surface area contributed by atoms with Crippen molar-refractivity contribution in [3.63, 3.8) is 0 Å². The van der Waals surface area contributed by atoms with Gasteiger partial charge >= 0.3 is 0 Å². The molecule has 144 valence electrons. The molecule has 0 bridgehead atoms. The Morgan fingerprint density at radius 1 is 1.22 bits per heavy atom. The zero-order valence-corrected chi connectivity index (χ0v) is 16.3. The number of hydrogen-bond donors (Lipinski definition) is 0. The standard InChI is InChI=1S/C18H18ClNO6S/c1-3-9-26-18-16(19)11-13(12-17(18)25-2)8-10-27(23,24)15-6-4-14(5-7-15)20(21)22/h4-8,10-12H,3,9H2,1-2H3/b10-8+. The quantitative estimate of drug-likeness (QED) is 0.469. The van der Waals surface area contributed by atoms with Crippen LogP contribution in [0.15, 0.2) is 46.7 Å². The van der Waals surface area contributed by atoms with Gasteiger partial charge in [-0.05, 0) is 42.3 Å². The van der Waals surface area contributed by atoms with Crippen molar-refractivity contribution >= 4 is 33.2 Å². The molecule has 9 heteroatoms. The van der Waals surface area contributed by atoms with Crippen molar-refractivity contribution in [3.05, 3.63) is 62.5 Å². The van der Waals surface area contributed by atoms with Gasteiger partial charge in [0.25, 0.3) is 5.69 Å². The number of benzene rings is 2. The summed E-state index contributed by atoms with van der Waals surface area (Å²) in [6.45, 7) is 2.43. The largest absolute Gasteiger partial charge is 0.493 e. The summed E-state index contributed by atoms with van der Waals surface area (Å²) in [4.78, 5) is 10.0. The molecule has 0 atom stereocenters. The maximum absolute atomic E-state index is 12.4. The molecule has 27 heavy (non-hydrogen) atoms. The highest BCUT2D eigenvalue weighted by Crippen LogP contribution is 2.37. The van der Waals surface area contributed by atoms with E-state index in [1.165, 1.54) is 25.3 Å². The Hall–Kier alpha value is -2.58. The molecule has 2 aromatic rings. The minimum atomic E-state index is -3.78. The smallest absolute Gasteiger partial charge is 0.269 e. The molecule has 0 N–H and O–H groups in total. The van der Waals surface area contributed by atoms with Crippen LogP contribution in [-0.2, 0) is 9.84 Å². The third-order valence-corrected chi connectivity index (χ3v) is 5.22. The van der Waals surface area contributed by atoms with Crippen LogP contribution < -0.4 is 9.47 Å². The van der Waals surface area contributed by atoms with Crippen LogP contribution in [0.4, 0.5) is 5.69 Å². The SMILES string of the molecule is CCCOc1c(Cl)cc(/C=C/S(=O)(=O)c2ccc([N+](=O)[O-])cc2)cc1OC. The first kappa shape index (κ1) is 20.7. The highest BCUT2D eigenvalue weighted by molar-refractivity contribution is 7.94. The highest BCUT2D eigenvalue weighted by Gasteiger charge is 2.14. The van der Waals surface area contributed by atoms with E-state index in [4.69, 9.17) is 21.1 Å². The zero-order valence-electron chi connectivity index (χ0n) is 14.7. The molecule has 2 rings (SSSR count). The van der Waals surface area contributed by atoms with Crippen molar-refractivity contribution in [3.8, 4) is 11.5 Å². The number of nitro benzene ring substituents is 1. The van der Waals surface area contributed by atoms with E-state index in [1.807, 2.05) is 6.92 Å². The van der Waals surface area contributed by atoms with Crippen LogP contribution in [0.5, 0.6) is 11.5 Å². The van der Waals surface area contributed by atoms with Crippen LogP contribution in [0.2, 0.25) is 5.02 Å². The summed E-state index contributed by atoms with van der Waals surface area (Å²) in [5.41, 5.74) is 0.323. The number of nitro groups is 1. The molecule has 7 nitrogen and oxygen atoms in total. The number of hydrogen-bond acceptors (Lipinski definition) is 6. The number of halogens is 1. The fourth-order valence-electron chi connectivity index (χ4n) is 2.18. The molecule has 0 spiro atoms. The van der Waals surface area contributed by atoms with Crippen molar-refractivity contribution in [2.24, 2.45) is 0 Å². The summed E-state index contributed by atoms with van der Waals surface area (Å²) in [5.74, 6) is 0.791. The molecule has 2 aromatic carbocycles. The summed E-state index contributed by atoms with van der Waals surface area (Å²) in [7, 11) is -2.31. The number of methoxy groups -OCH3 is 1. The third-order valence-electron chi connectivity index (χ3n) is 3.52. The lowest BCUT2D eigenvalue weighted by Crippen LogP contribution is -1.99. The Bertz CT molecular complexity index is 955. The number of rotatable bonds is 8. The second-order valence-corrected chi connectivity index (χ2v) is 7.72. The third kappa shape index (κ3) is 5.21. The lowest BCUT2D eigenvalue weighted by molar-refractivity contribution is -0.384. The van der Waals surface area contributed by atoms with Gasteiger partial charge in [-0.15, -0.1) is 0 Å². The summed E-state index contributed by atoms with van der Waals surface area (Å²) in [6.07, 6.45) is 2.17. The second kappa shape index (κ2) is 8.88. The average molecular weight is 412 g/mol. The van der Waals surface area contributed by atoms with Crippen LogP contribution in [-0.4, -0.2) is 27.1 Å². The molecule has 0 unspecified atom stereocenters. The van der Waals surface area contributed by atoms with Crippen molar-refractivity contribution < 1.29 is 22.8 Å². The molecule has 0 saturated heterocycles. The van der Waals surface area contributed by atoms with Crippen LogP contribution >= 0.6 is 11.6 Å². The predicted octanol–water partition coefficient (Wildman–Crippen LogP) is 4.49. The van der Waals surface area contributed by atoms with Gasteiger partial charge < -0.3 is 9.47 Å². The van der Waals surface area contributed by atoms with Gasteiger partial charge in [0, 0.05) is 17.5 Å². The Kier molecular flexibility index (Phi) is 6.81. The molecular formula is C18H18ClNO6S. The fourth-order valence-corrected chi connectivity index (χ4v) is 3.47. The normalized spacial score (nSPS) is 11.5. The minimum Gasteiger partial charge on any atom is -0.493 e. The van der Waals surface area contributed by atoms with E-state index in [0.717, 1.165) is 24.0 Å². The molecule has 0 aliphatic carbocycles. The van der Waals surface area contributed by atoms with E-state index in [0.29, 0.717) is 28.7 Å². The van der Waals surface area contributed by atoms with Crippen LogP contribution in [0, 0.1) is 10.1 Å². The van der Waals surface area contributed by atoms with E-state index in [9.17, 15) is 18.5 Å². The molecule has 0 aliphatic heterocycles. The number of ether oxygens (including phenoxy) is 2. The van der Waals surface area contributed by atoms with Crippen molar-refractivity contribution in [1.82, 2.24) is 0 Å². The predicted molar refractivity (Wildman–Crippen MR) is 103 cm³/mol. The van der Waals surface area contributed by atoms with Crippen LogP contribution in [0.25, 0.3) is 6.08 Å². The molecule has 0 radical (unpaired) electrons. The number of non-ortho nitro benzene ring substituents is 1. The second-order valence-electron chi connectivity index (χ2n) is 5.48. The van der Waals surface area contributed by atoms with Crippen LogP contribution in [0.1, 0.15) is 18.9 Å². The van der Waals surface area contributed by atoms with Crippen LogP contribution in [0.3, 0.4) is 0 Å². The van der Waals surface area contributed by atoms with Gasteiger partial charge in [-0.3, -0.25) is 10.1 Å². The molecule has 0 amide bonds. The first-order chi connectivity index (χ1) is 12.8. The fraction of sp³-hybridized carbons (Fsp3) is 0.222. The zero-order chi connectivity index (χ0) is 20.0. The van der Waals surface area contributed by atoms with Gasteiger partial charge in [0.2, 0.25) is 0 Å². The van der Waals surface area contributed by atoms with Crippen molar-refractivity contribution in [2.75, 3.05) is 13.7 Å². The Labute approximate surface area is 162 Å². The lowest BCUT2D eigenvalue weighted by atomic mass is 10.2. The summed E-state index contributed by atoms with van der Waals surface area (Å²) >= 11 is 6.21. The van der Waals surface area contributed by atoms with E-state index >= 15 is 0 Å². The summed E-state index contributed by atoms with van der Waals surface area (Å²) < 4.78 is 35.6. The number of nitrogens with zero attached hydrogens (tertiary/aromatic N) is 1. The minimum absolute atomic E-state index is 0.0506. The maximum Gasteiger partial charge on any atom is 0.269 e. The Morgan fingerprint density at radius 2 is 1.89 bits per heavy atom. The molecule has 0 saturated carbocycles. The van der Waals surface area contributed by atoms with Gasteiger partial charge in [0.1, 0.15) is 0 Å². The van der Waals surface area contributed by atoms with Gasteiger partial charge in [0.05, 0.1) is 28.6 Å². The molecular weight excluding hydrogens is 394 g/mol. The van der Waals surface area contributed by atoms with E-state index in [-0.39, 0.29) is 10.6 Å². The first-order valence-electron chi connectivity index (χ1n) is 7.96. The van der Waals surface area contributed by atoms with Gasteiger partial charge in [-0.25, -0.2) is 8.42 Å². The van der Waals surface area contributed by atoms with Gasteiger partial charge in [-0.1, -0.05) is 18.5 Å². The summed E-state index contributed by atoms with van der Waals surface area (Å²) in [6, 6.07) is 7.83. The van der Waals surface area contributed by atoms with Gasteiger partial charge in [-0.2, -0.15) is 0 Å². The van der Waals surface area contributed by atoms with E-state index < -0.39 is 14.8 Å². The van der Waals surface area contributed by atoms with Gasteiger partial charge in [0.15, 0.2) is 21.3 Å². The molecule has 0 aromatic heterocycles. The monoisotopic (exact) mass is 411 g/mol. The van der Waals surface area contributed by atoms with Crippen molar-refractivity contribution in [2.45, 2.75) is 18.2 Å². The molecule has 0 heterocycles. The first-order valence-corrected chi connectivity index (χ1v) is 9.89. The highest BCUT2D eigenvalue weighted by atomic mass is 35.5. The maximum atomic E-state index is 12.4. The molecule has 0 aliphatic rings. The molecule has 0 fully saturated rings. The van der Waals surface area contributed by atoms with E-state index in [2.05, 4.69) is 0 Å². The average Bonchev–Trinajstić information content (AvgIpc) is 2.65. The van der Waals surface area contributed by atoms with E-state index in [1.54, 1.807) is 12.1 Å². The number of sulfone groups is 1. The van der Waals surface area contributed by atoms with Crippen molar-refractivity contribution in [1.29, 1.82) is 0 Å².